The molecule has 0 bridgehead atoms. The third-order valence-corrected chi connectivity index (χ3v) is 6.09. The largest absolute Gasteiger partial charge is 0.469 e. The van der Waals surface area contributed by atoms with E-state index in [0.29, 0.717) is 6.42 Å². The minimum atomic E-state index is -4.62. The number of aliphatic hydroxyl groups excluding tert-OH is 1. The minimum absolute atomic E-state index is 0.296. The maximum atomic E-state index is 11.6. The molecule has 0 fully saturated rings. The summed E-state index contributed by atoms with van der Waals surface area (Å²) in [6, 6.07) is 0. The van der Waals surface area contributed by atoms with Crippen LogP contribution in [0.15, 0.2) is 0 Å². The summed E-state index contributed by atoms with van der Waals surface area (Å²) in [5, 5.41) is 9.44. The number of hydrogen-bond acceptors (Lipinski definition) is 5. The van der Waals surface area contributed by atoms with Crippen molar-refractivity contribution in [2.24, 2.45) is 0 Å². The Morgan fingerprint density at radius 2 is 1.06 bits per heavy atom. The third-order valence-electron chi connectivity index (χ3n) is 5.61. The summed E-state index contributed by atoms with van der Waals surface area (Å²) in [4.78, 5) is 28.7. The van der Waals surface area contributed by atoms with Gasteiger partial charge in [0.25, 0.3) is 0 Å². The molecular formula is C24H49O7P. The molecule has 1 atom stereocenters. The van der Waals surface area contributed by atoms with Crippen LogP contribution in [0.2, 0.25) is 0 Å². The molecule has 0 rings (SSSR count). The standard InChI is InChI=1S/C24H49O7P/c1-2-3-4-5-6-7-8-9-10-11-12-13-14-15-16-17-18-19-20-24(26)30-21-23(25)22-31-32(27,28)29/h23,25H,2-22H2,1H3,(H2,27,28,29). The quantitative estimate of drug-likeness (QED) is 0.0828. The maximum Gasteiger partial charge on any atom is 0.469 e. The molecule has 8 heteroatoms. The lowest BCUT2D eigenvalue weighted by Crippen LogP contribution is -2.23. The van der Waals surface area contributed by atoms with Crippen molar-refractivity contribution in [1.29, 1.82) is 0 Å². The Balaban J connectivity index is 3.25. The highest BCUT2D eigenvalue weighted by molar-refractivity contribution is 7.46. The number of hydrogen-bond donors (Lipinski definition) is 3. The summed E-state index contributed by atoms with van der Waals surface area (Å²) in [6.45, 7) is 1.37. The fourth-order valence-corrected chi connectivity index (χ4v) is 4.03. The molecule has 32 heavy (non-hydrogen) atoms. The summed E-state index contributed by atoms with van der Waals surface area (Å²) in [6.07, 6.45) is 22.3. The zero-order chi connectivity index (χ0) is 23.9. The maximum absolute atomic E-state index is 11.6. The van der Waals surface area contributed by atoms with E-state index in [9.17, 15) is 14.5 Å². The first kappa shape index (κ1) is 31.5. The number of phosphoric ester groups is 1. The van der Waals surface area contributed by atoms with E-state index in [2.05, 4.69) is 11.4 Å². The van der Waals surface area contributed by atoms with Crippen LogP contribution in [-0.4, -0.2) is 40.2 Å². The molecule has 0 saturated carbocycles. The first-order valence-corrected chi connectivity index (χ1v) is 14.4. The molecule has 0 saturated heterocycles. The smallest absolute Gasteiger partial charge is 0.463 e. The van der Waals surface area contributed by atoms with Gasteiger partial charge in [0.2, 0.25) is 0 Å². The van der Waals surface area contributed by atoms with E-state index in [0.717, 1.165) is 19.3 Å². The average Bonchev–Trinajstić information content (AvgIpc) is 2.75. The molecule has 7 nitrogen and oxygen atoms in total. The predicted octanol–water partition coefficient (Wildman–Crippen LogP) is 6.43. The molecule has 0 aromatic heterocycles. The highest BCUT2D eigenvalue weighted by atomic mass is 31.2. The van der Waals surface area contributed by atoms with Gasteiger partial charge in [0.05, 0.1) is 6.61 Å². The second-order valence-electron chi connectivity index (χ2n) is 8.88. The first-order valence-electron chi connectivity index (χ1n) is 12.9. The number of unbranched alkanes of at least 4 members (excludes halogenated alkanes) is 17. The lowest BCUT2D eigenvalue weighted by molar-refractivity contribution is -0.147. The Kier molecular flexibility index (Phi) is 22.0. The highest BCUT2D eigenvalue weighted by Crippen LogP contribution is 2.35. The molecule has 0 aromatic rings. The predicted molar refractivity (Wildman–Crippen MR) is 128 cm³/mol. The number of phosphoric acid groups is 1. The van der Waals surface area contributed by atoms with Gasteiger partial charge in [0, 0.05) is 6.42 Å². The van der Waals surface area contributed by atoms with E-state index in [1.54, 1.807) is 0 Å². The van der Waals surface area contributed by atoms with E-state index >= 15 is 0 Å². The van der Waals surface area contributed by atoms with Crippen LogP contribution in [0.25, 0.3) is 0 Å². The Hall–Kier alpha value is -0.460. The van der Waals surface area contributed by atoms with Crippen LogP contribution in [0, 0.1) is 0 Å². The van der Waals surface area contributed by atoms with Crippen LogP contribution >= 0.6 is 7.82 Å². The van der Waals surface area contributed by atoms with Crippen molar-refractivity contribution in [3.63, 3.8) is 0 Å². The normalized spacial score (nSPS) is 12.8. The molecular weight excluding hydrogens is 431 g/mol. The van der Waals surface area contributed by atoms with Gasteiger partial charge in [-0.25, -0.2) is 4.57 Å². The molecule has 0 amide bonds. The molecule has 0 aromatic carbocycles. The van der Waals surface area contributed by atoms with Crippen LogP contribution in [0.5, 0.6) is 0 Å². The second-order valence-corrected chi connectivity index (χ2v) is 10.1. The second kappa shape index (κ2) is 22.3. The van der Waals surface area contributed by atoms with E-state index in [4.69, 9.17) is 14.5 Å². The average molecular weight is 481 g/mol. The molecule has 0 radical (unpaired) electrons. The summed E-state index contributed by atoms with van der Waals surface area (Å²) >= 11 is 0. The Morgan fingerprint density at radius 1 is 0.688 bits per heavy atom. The fraction of sp³-hybridized carbons (Fsp3) is 0.958. The molecule has 0 aliphatic heterocycles. The number of carbonyl (C=O) groups excluding carboxylic acids is 1. The molecule has 192 valence electrons. The van der Waals surface area contributed by atoms with Crippen LogP contribution in [0.1, 0.15) is 129 Å². The first-order chi connectivity index (χ1) is 15.3. The zero-order valence-corrected chi connectivity index (χ0v) is 21.2. The number of esters is 1. The van der Waals surface area contributed by atoms with Gasteiger partial charge in [-0.15, -0.1) is 0 Å². The fourth-order valence-electron chi connectivity index (χ4n) is 3.66. The van der Waals surface area contributed by atoms with Crippen LogP contribution in [0.3, 0.4) is 0 Å². The monoisotopic (exact) mass is 480 g/mol. The van der Waals surface area contributed by atoms with E-state index in [-0.39, 0.29) is 6.61 Å². The molecule has 0 aliphatic carbocycles. The number of rotatable bonds is 24. The summed E-state index contributed by atoms with van der Waals surface area (Å²) in [5.41, 5.74) is 0. The molecule has 0 spiro atoms. The van der Waals surface area contributed by atoms with Crippen molar-refractivity contribution in [3.8, 4) is 0 Å². The Bertz CT molecular complexity index is 467. The van der Waals surface area contributed by atoms with Crippen LogP contribution in [-0.2, 0) is 18.6 Å². The summed E-state index contributed by atoms with van der Waals surface area (Å²) in [5.74, 6) is -0.406. The lowest BCUT2D eigenvalue weighted by atomic mass is 10.0. The van der Waals surface area contributed by atoms with E-state index in [1.807, 2.05) is 0 Å². The third kappa shape index (κ3) is 25.8. The van der Waals surface area contributed by atoms with Gasteiger partial charge in [-0.05, 0) is 6.42 Å². The lowest BCUT2D eigenvalue weighted by Gasteiger charge is -2.12. The van der Waals surface area contributed by atoms with Gasteiger partial charge >= 0.3 is 13.8 Å². The van der Waals surface area contributed by atoms with Crippen molar-refractivity contribution in [1.82, 2.24) is 0 Å². The van der Waals surface area contributed by atoms with E-state index < -0.39 is 26.5 Å². The molecule has 1 unspecified atom stereocenters. The van der Waals surface area contributed by atoms with Crippen molar-refractivity contribution >= 4 is 13.8 Å². The Labute approximate surface area is 195 Å². The van der Waals surface area contributed by atoms with Gasteiger partial charge in [0.15, 0.2) is 0 Å². The van der Waals surface area contributed by atoms with Gasteiger partial charge in [-0.3, -0.25) is 9.32 Å². The van der Waals surface area contributed by atoms with Crippen molar-refractivity contribution in [2.75, 3.05) is 13.2 Å². The van der Waals surface area contributed by atoms with Gasteiger partial charge < -0.3 is 19.6 Å². The van der Waals surface area contributed by atoms with Crippen molar-refractivity contribution in [3.05, 3.63) is 0 Å². The Morgan fingerprint density at radius 3 is 1.44 bits per heavy atom. The summed E-state index contributed by atoms with van der Waals surface area (Å²) in [7, 11) is -4.62. The van der Waals surface area contributed by atoms with Crippen molar-refractivity contribution < 1.29 is 33.5 Å². The van der Waals surface area contributed by atoms with E-state index in [1.165, 1.54) is 96.3 Å². The van der Waals surface area contributed by atoms with Gasteiger partial charge in [-0.1, -0.05) is 116 Å². The molecule has 0 aliphatic rings. The zero-order valence-electron chi connectivity index (χ0n) is 20.3. The topological polar surface area (TPSA) is 113 Å². The van der Waals surface area contributed by atoms with Gasteiger partial charge in [-0.2, -0.15) is 0 Å². The van der Waals surface area contributed by atoms with Crippen molar-refractivity contribution in [2.45, 2.75) is 135 Å². The van der Waals surface area contributed by atoms with Crippen LogP contribution < -0.4 is 0 Å². The number of carbonyl (C=O) groups is 1. The summed E-state index contributed by atoms with van der Waals surface area (Å²) < 4.78 is 19.5. The number of ether oxygens (including phenoxy) is 1. The number of aliphatic hydroxyl groups is 1. The minimum Gasteiger partial charge on any atom is -0.463 e. The van der Waals surface area contributed by atoms with Crippen LogP contribution in [0.4, 0.5) is 0 Å². The highest BCUT2D eigenvalue weighted by Gasteiger charge is 2.17. The SMILES string of the molecule is CCCCCCCCCCCCCCCCCCCCC(=O)OCC(O)COP(=O)(O)O. The molecule has 3 N–H and O–H groups in total. The molecule has 0 heterocycles. The van der Waals surface area contributed by atoms with Gasteiger partial charge in [0.1, 0.15) is 12.7 Å².